The summed E-state index contributed by atoms with van der Waals surface area (Å²) in [4.78, 5) is 23.1. The van der Waals surface area contributed by atoms with Crippen LogP contribution in [0.3, 0.4) is 0 Å². The van der Waals surface area contributed by atoms with E-state index in [2.05, 4.69) is 29.6 Å². The van der Waals surface area contributed by atoms with Crippen molar-refractivity contribution in [3.05, 3.63) is 65.2 Å². The van der Waals surface area contributed by atoms with Gasteiger partial charge < -0.3 is 10.1 Å². The summed E-state index contributed by atoms with van der Waals surface area (Å²) in [5.74, 6) is 0.803. The van der Waals surface area contributed by atoms with Gasteiger partial charge in [0.1, 0.15) is 11.5 Å². The molecule has 2 aromatic rings. The predicted molar refractivity (Wildman–Crippen MR) is 124 cm³/mol. The fourth-order valence-corrected chi connectivity index (χ4v) is 3.58. The second-order valence-electron chi connectivity index (χ2n) is 6.95. The summed E-state index contributed by atoms with van der Waals surface area (Å²) in [6, 6.07) is 16.2. The number of hydrogen-bond acceptors (Lipinski definition) is 3. The highest BCUT2D eigenvalue weighted by Gasteiger charge is 2.40. The first-order valence-electron chi connectivity index (χ1n) is 11.1. The van der Waals surface area contributed by atoms with Crippen LogP contribution in [-0.2, 0) is 10.2 Å². The summed E-state index contributed by atoms with van der Waals surface area (Å²) in [6.45, 7) is 9.91. The van der Waals surface area contributed by atoms with E-state index >= 15 is 0 Å². The van der Waals surface area contributed by atoms with Gasteiger partial charge in [-0.3, -0.25) is 9.59 Å². The first-order valence-corrected chi connectivity index (χ1v) is 11.1. The minimum atomic E-state index is -0.134. The zero-order chi connectivity index (χ0) is 22.6. The van der Waals surface area contributed by atoms with Gasteiger partial charge in [-0.05, 0) is 55.2 Å². The number of amides is 1. The lowest BCUT2D eigenvalue weighted by Crippen LogP contribution is -2.35. The van der Waals surface area contributed by atoms with Crippen LogP contribution in [-0.4, -0.2) is 25.3 Å². The second kappa shape index (κ2) is 12.8. The number of ether oxygens (including phenoxy) is 1. The predicted octanol–water partition coefficient (Wildman–Crippen LogP) is 5.93. The van der Waals surface area contributed by atoms with Crippen LogP contribution in [0, 0.1) is 0 Å². The number of carbonyl (C=O) groups excluding carboxylic acids is 2. The molecule has 0 unspecified atom stereocenters. The van der Waals surface area contributed by atoms with Crippen LogP contribution in [0.2, 0.25) is 0 Å². The van der Waals surface area contributed by atoms with Crippen LogP contribution in [0.15, 0.2) is 48.5 Å². The molecule has 2 aromatic carbocycles. The maximum absolute atomic E-state index is 12.2. The van der Waals surface area contributed by atoms with Crippen LogP contribution in [0.4, 0.5) is 0 Å². The molecule has 4 nitrogen and oxygen atoms in total. The molecule has 164 valence electrons. The molecule has 1 amide bonds. The third kappa shape index (κ3) is 6.19. The molecule has 1 aliphatic rings. The number of ketones is 1. The van der Waals surface area contributed by atoms with Crippen molar-refractivity contribution in [2.75, 3.05) is 13.7 Å². The van der Waals surface area contributed by atoms with E-state index in [9.17, 15) is 9.59 Å². The lowest BCUT2D eigenvalue weighted by Gasteiger charge is -2.43. The Balaban J connectivity index is 0.00000106. The largest absolute Gasteiger partial charge is 0.497 e. The minimum absolute atomic E-state index is 0.0376. The average Bonchev–Trinajstić information content (AvgIpc) is 2.76. The summed E-state index contributed by atoms with van der Waals surface area (Å²) in [7, 11) is 1.67. The van der Waals surface area contributed by atoms with Crippen molar-refractivity contribution in [2.45, 2.75) is 65.7 Å². The average molecular weight is 412 g/mol. The van der Waals surface area contributed by atoms with Gasteiger partial charge in [-0.15, -0.1) is 0 Å². The SMILES string of the molecule is CC.CC.COc1ccc(C2(c3ccc(C(=O)NCCC(C)=O)cc3)CCC2)cc1. The Morgan fingerprint density at radius 2 is 1.40 bits per heavy atom. The highest BCUT2D eigenvalue weighted by molar-refractivity contribution is 5.94. The Labute approximate surface area is 182 Å². The summed E-state index contributed by atoms with van der Waals surface area (Å²) in [5.41, 5.74) is 3.20. The van der Waals surface area contributed by atoms with E-state index in [1.165, 1.54) is 24.5 Å². The zero-order valence-electron chi connectivity index (χ0n) is 19.4. The van der Waals surface area contributed by atoms with Crippen molar-refractivity contribution in [3.63, 3.8) is 0 Å². The van der Waals surface area contributed by atoms with Gasteiger partial charge in [0, 0.05) is 23.9 Å². The number of nitrogens with one attached hydrogen (secondary N) is 1. The second-order valence-corrected chi connectivity index (χ2v) is 6.95. The van der Waals surface area contributed by atoms with Gasteiger partial charge in [0.2, 0.25) is 0 Å². The van der Waals surface area contributed by atoms with Gasteiger partial charge >= 0.3 is 0 Å². The molecule has 0 radical (unpaired) electrons. The molecule has 0 spiro atoms. The van der Waals surface area contributed by atoms with Crippen LogP contribution < -0.4 is 10.1 Å². The molecule has 1 N–H and O–H groups in total. The van der Waals surface area contributed by atoms with Crippen molar-refractivity contribution < 1.29 is 14.3 Å². The molecule has 3 rings (SSSR count). The maximum Gasteiger partial charge on any atom is 0.251 e. The van der Waals surface area contributed by atoms with Crippen LogP contribution in [0.25, 0.3) is 0 Å². The molecule has 0 heterocycles. The van der Waals surface area contributed by atoms with Crippen molar-refractivity contribution >= 4 is 11.7 Å². The van der Waals surface area contributed by atoms with Gasteiger partial charge in [0.15, 0.2) is 0 Å². The summed E-state index contributed by atoms with van der Waals surface area (Å²) >= 11 is 0. The van der Waals surface area contributed by atoms with E-state index in [0.29, 0.717) is 18.5 Å². The fraction of sp³-hybridized carbons (Fsp3) is 0.462. The van der Waals surface area contributed by atoms with E-state index in [1.54, 1.807) is 7.11 Å². The maximum atomic E-state index is 12.2. The van der Waals surface area contributed by atoms with Crippen LogP contribution in [0.5, 0.6) is 5.75 Å². The summed E-state index contributed by atoms with van der Waals surface area (Å²) in [5, 5.41) is 2.79. The summed E-state index contributed by atoms with van der Waals surface area (Å²) < 4.78 is 5.26. The number of Topliss-reactive ketones (excluding diaryl/α,β-unsaturated/α-hetero) is 1. The molecule has 0 aliphatic heterocycles. The van der Waals surface area contributed by atoms with E-state index in [-0.39, 0.29) is 17.1 Å². The van der Waals surface area contributed by atoms with Gasteiger partial charge in [-0.1, -0.05) is 58.4 Å². The molecule has 4 heteroatoms. The molecular formula is C26H37NO3. The van der Waals surface area contributed by atoms with Gasteiger partial charge in [-0.25, -0.2) is 0 Å². The standard InChI is InChI=1S/C22H25NO3.2C2H6/c1-16(24)12-15-23-21(25)17-4-6-18(7-5-17)22(13-3-14-22)19-8-10-20(26-2)11-9-19;2*1-2/h4-11H,3,12-15H2,1-2H3,(H,23,25);2*1-2H3. The Hall–Kier alpha value is -2.62. The molecular weight excluding hydrogens is 374 g/mol. The molecule has 0 bridgehead atoms. The molecule has 1 aliphatic carbocycles. The first-order chi connectivity index (χ1) is 14.5. The lowest BCUT2D eigenvalue weighted by atomic mass is 9.60. The molecule has 1 fully saturated rings. The molecule has 0 saturated heterocycles. The van der Waals surface area contributed by atoms with Gasteiger partial charge in [-0.2, -0.15) is 0 Å². The zero-order valence-corrected chi connectivity index (χ0v) is 19.4. The normalized spacial score (nSPS) is 13.4. The van der Waals surface area contributed by atoms with E-state index < -0.39 is 0 Å². The molecule has 0 aromatic heterocycles. The number of methoxy groups -OCH3 is 1. The van der Waals surface area contributed by atoms with E-state index in [1.807, 2.05) is 52.0 Å². The molecule has 0 atom stereocenters. The van der Waals surface area contributed by atoms with Crippen LogP contribution >= 0.6 is 0 Å². The first kappa shape index (κ1) is 25.4. The quantitative estimate of drug-likeness (QED) is 0.615. The Morgan fingerprint density at radius 3 is 1.80 bits per heavy atom. The van der Waals surface area contributed by atoms with Crippen LogP contribution in [0.1, 0.15) is 81.8 Å². The van der Waals surface area contributed by atoms with Crippen molar-refractivity contribution in [2.24, 2.45) is 0 Å². The highest BCUT2D eigenvalue weighted by atomic mass is 16.5. The van der Waals surface area contributed by atoms with Crippen molar-refractivity contribution in [1.29, 1.82) is 0 Å². The summed E-state index contributed by atoms with van der Waals surface area (Å²) in [6.07, 6.45) is 3.80. The number of benzene rings is 2. The molecule has 30 heavy (non-hydrogen) atoms. The van der Waals surface area contributed by atoms with Crippen molar-refractivity contribution in [3.8, 4) is 5.75 Å². The van der Waals surface area contributed by atoms with Gasteiger partial charge in [0.05, 0.1) is 7.11 Å². The smallest absolute Gasteiger partial charge is 0.251 e. The Morgan fingerprint density at radius 1 is 0.900 bits per heavy atom. The molecule has 1 saturated carbocycles. The fourth-order valence-electron chi connectivity index (χ4n) is 3.58. The highest BCUT2D eigenvalue weighted by Crippen LogP contribution is 2.49. The van der Waals surface area contributed by atoms with Crippen molar-refractivity contribution in [1.82, 2.24) is 5.32 Å². The monoisotopic (exact) mass is 411 g/mol. The number of hydrogen-bond donors (Lipinski definition) is 1. The lowest BCUT2D eigenvalue weighted by molar-refractivity contribution is -0.116. The van der Waals surface area contributed by atoms with Gasteiger partial charge in [0.25, 0.3) is 5.91 Å². The van der Waals surface area contributed by atoms with E-state index in [0.717, 1.165) is 18.6 Å². The van der Waals surface area contributed by atoms with E-state index in [4.69, 9.17) is 4.74 Å². The Kier molecular flexibility index (Phi) is 10.9. The number of rotatable bonds is 7. The topological polar surface area (TPSA) is 55.4 Å². The minimum Gasteiger partial charge on any atom is -0.497 e. The number of carbonyl (C=O) groups is 2. The Bertz CT molecular complexity index is 775. The third-order valence-electron chi connectivity index (χ3n) is 5.31. The third-order valence-corrected chi connectivity index (χ3v) is 5.31.